The second-order valence-electron chi connectivity index (χ2n) is 6.20. The van der Waals surface area contributed by atoms with Crippen molar-refractivity contribution in [3.8, 4) is 0 Å². The van der Waals surface area contributed by atoms with E-state index in [0.717, 1.165) is 6.21 Å². The summed E-state index contributed by atoms with van der Waals surface area (Å²) in [7, 11) is 0. The van der Waals surface area contributed by atoms with Gasteiger partial charge in [-0.1, -0.05) is 23.2 Å². The zero-order valence-corrected chi connectivity index (χ0v) is 16.1. The van der Waals surface area contributed by atoms with E-state index in [9.17, 15) is 18.0 Å². The number of alkyl halides is 3. The number of hydrazone groups is 1. The number of carbonyl (C=O) groups excluding carboxylic acids is 1. The minimum atomic E-state index is -4.62. The number of halogens is 6. The first kappa shape index (κ1) is 20.0. The molecule has 0 bridgehead atoms. The number of aryl methyl sites for hydroxylation is 1. The number of hydrogen-bond donors (Lipinski definition) is 0. The fourth-order valence-electron chi connectivity index (χ4n) is 2.98. The molecule has 142 valence electrons. The predicted molar refractivity (Wildman–Crippen MR) is 101 cm³/mol. The van der Waals surface area contributed by atoms with Crippen LogP contribution in [0.15, 0.2) is 41.5 Å². The summed E-state index contributed by atoms with van der Waals surface area (Å²) in [6.45, 7) is 1.16. The largest absolute Gasteiger partial charge is 0.405 e. The monoisotopic (exact) mass is 434 g/mol. The molecule has 0 fully saturated rings. The van der Waals surface area contributed by atoms with Crippen LogP contribution in [-0.2, 0) is 5.41 Å². The van der Waals surface area contributed by atoms with Gasteiger partial charge in [-0.15, -0.1) is 0 Å². The highest BCUT2D eigenvalue weighted by Gasteiger charge is 2.58. The highest BCUT2D eigenvalue weighted by atomic mass is 35.5. The number of anilines is 1. The van der Waals surface area contributed by atoms with Gasteiger partial charge in [0.1, 0.15) is 5.41 Å². The SMILES string of the molecule is Cc1cc(N2CC(c3cc(Cl)cc(Cl)c3)(C(F)(F)F)C=N2)ccc1C(=O)Cl. The second kappa shape index (κ2) is 7.00. The van der Waals surface area contributed by atoms with Crippen LogP contribution in [0.25, 0.3) is 0 Å². The Hall–Kier alpha value is -1.76. The van der Waals surface area contributed by atoms with Gasteiger partial charge in [-0.25, -0.2) is 0 Å². The standard InChI is InChI=1S/C18H12Cl3F3N2O/c1-10-4-14(2-3-15(10)16(21)27)26-9-17(8-25-26,18(22,23)24)11-5-12(19)7-13(20)6-11/h2-8H,9H2,1H3. The quantitative estimate of drug-likeness (QED) is 0.555. The van der Waals surface area contributed by atoms with Gasteiger partial charge in [0.25, 0.3) is 5.24 Å². The normalized spacial score (nSPS) is 19.6. The predicted octanol–water partition coefficient (Wildman–Crippen LogP) is 5.99. The molecule has 0 radical (unpaired) electrons. The van der Waals surface area contributed by atoms with Crippen molar-refractivity contribution in [2.45, 2.75) is 18.5 Å². The molecule has 2 aromatic carbocycles. The molecule has 1 aliphatic heterocycles. The third-order valence-corrected chi connectivity index (χ3v) is 5.06. The van der Waals surface area contributed by atoms with Crippen LogP contribution in [-0.4, -0.2) is 24.2 Å². The summed E-state index contributed by atoms with van der Waals surface area (Å²) in [5, 5.41) is 4.76. The van der Waals surface area contributed by atoms with Gasteiger partial charge in [0.15, 0.2) is 0 Å². The lowest BCUT2D eigenvalue weighted by Crippen LogP contribution is -2.47. The molecule has 0 saturated carbocycles. The minimum Gasteiger partial charge on any atom is -0.276 e. The molecule has 1 atom stereocenters. The van der Waals surface area contributed by atoms with E-state index in [1.54, 1.807) is 13.0 Å². The Morgan fingerprint density at radius 3 is 2.30 bits per heavy atom. The molecule has 2 aromatic rings. The molecule has 0 spiro atoms. The van der Waals surface area contributed by atoms with E-state index >= 15 is 0 Å². The molecule has 1 heterocycles. The topological polar surface area (TPSA) is 32.7 Å². The zero-order chi connectivity index (χ0) is 20.0. The van der Waals surface area contributed by atoms with Crippen molar-refractivity contribution < 1.29 is 18.0 Å². The van der Waals surface area contributed by atoms with Crippen molar-refractivity contribution in [1.82, 2.24) is 0 Å². The zero-order valence-electron chi connectivity index (χ0n) is 13.8. The Balaban J connectivity index is 2.03. The molecular weight excluding hydrogens is 424 g/mol. The van der Waals surface area contributed by atoms with Gasteiger partial charge in [-0.2, -0.15) is 18.3 Å². The van der Waals surface area contributed by atoms with Crippen LogP contribution in [0, 0.1) is 6.92 Å². The molecule has 0 N–H and O–H groups in total. The molecule has 9 heteroatoms. The Kier molecular flexibility index (Phi) is 5.18. The average molecular weight is 436 g/mol. The third kappa shape index (κ3) is 3.66. The van der Waals surface area contributed by atoms with Crippen LogP contribution >= 0.6 is 34.8 Å². The maximum absolute atomic E-state index is 14.0. The van der Waals surface area contributed by atoms with Gasteiger partial charge >= 0.3 is 6.18 Å². The van der Waals surface area contributed by atoms with E-state index in [1.165, 1.54) is 35.3 Å². The lowest BCUT2D eigenvalue weighted by Gasteiger charge is -2.31. The van der Waals surface area contributed by atoms with E-state index in [4.69, 9.17) is 34.8 Å². The summed E-state index contributed by atoms with van der Waals surface area (Å²) in [5.74, 6) is 0. The van der Waals surface area contributed by atoms with Crippen molar-refractivity contribution in [3.63, 3.8) is 0 Å². The highest BCUT2D eigenvalue weighted by Crippen LogP contribution is 2.45. The van der Waals surface area contributed by atoms with Gasteiger partial charge in [-0.05, 0) is 66.0 Å². The molecule has 0 amide bonds. The molecule has 3 rings (SSSR count). The Morgan fingerprint density at radius 1 is 1.15 bits per heavy atom. The third-order valence-electron chi connectivity index (χ3n) is 4.42. The highest BCUT2D eigenvalue weighted by molar-refractivity contribution is 6.67. The maximum atomic E-state index is 14.0. The van der Waals surface area contributed by atoms with Crippen LogP contribution in [0.2, 0.25) is 10.0 Å². The molecule has 1 unspecified atom stereocenters. The van der Waals surface area contributed by atoms with Crippen LogP contribution < -0.4 is 5.01 Å². The summed E-state index contributed by atoms with van der Waals surface area (Å²) < 4.78 is 42.1. The number of rotatable bonds is 3. The van der Waals surface area contributed by atoms with Gasteiger partial charge in [0.05, 0.1) is 12.2 Å². The van der Waals surface area contributed by atoms with Gasteiger partial charge in [0.2, 0.25) is 0 Å². The summed E-state index contributed by atoms with van der Waals surface area (Å²) in [6, 6.07) is 8.35. The van der Waals surface area contributed by atoms with E-state index in [0.29, 0.717) is 11.3 Å². The number of benzene rings is 2. The van der Waals surface area contributed by atoms with Crippen molar-refractivity contribution in [2.75, 3.05) is 11.6 Å². The summed E-state index contributed by atoms with van der Waals surface area (Å²) in [5.41, 5.74) is -1.23. The van der Waals surface area contributed by atoms with E-state index in [1.807, 2.05) is 0 Å². The van der Waals surface area contributed by atoms with E-state index in [-0.39, 0.29) is 21.2 Å². The first-order valence-corrected chi connectivity index (χ1v) is 8.83. The van der Waals surface area contributed by atoms with Gasteiger partial charge in [-0.3, -0.25) is 9.80 Å². The van der Waals surface area contributed by atoms with Crippen molar-refractivity contribution in [1.29, 1.82) is 0 Å². The first-order chi connectivity index (χ1) is 12.5. The van der Waals surface area contributed by atoms with Crippen LogP contribution in [0.3, 0.4) is 0 Å². The Labute approximate surface area is 168 Å². The van der Waals surface area contributed by atoms with E-state index < -0.39 is 23.4 Å². The number of hydrogen-bond acceptors (Lipinski definition) is 3. The summed E-state index contributed by atoms with van der Waals surface area (Å²) in [6.07, 6.45) is -3.77. The second-order valence-corrected chi connectivity index (χ2v) is 7.42. The molecule has 0 saturated heterocycles. The van der Waals surface area contributed by atoms with Crippen LogP contribution in [0.1, 0.15) is 21.5 Å². The molecular formula is C18H12Cl3F3N2O. The smallest absolute Gasteiger partial charge is 0.276 e. The fourth-order valence-corrected chi connectivity index (χ4v) is 3.71. The Morgan fingerprint density at radius 2 is 1.78 bits per heavy atom. The van der Waals surface area contributed by atoms with E-state index in [2.05, 4.69) is 5.10 Å². The van der Waals surface area contributed by atoms with Gasteiger partial charge in [0, 0.05) is 21.8 Å². The fraction of sp³-hybridized carbons (Fsp3) is 0.222. The molecule has 0 aliphatic carbocycles. The minimum absolute atomic E-state index is 0.0944. The number of nitrogens with zero attached hydrogens (tertiary/aromatic N) is 2. The first-order valence-electron chi connectivity index (χ1n) is 7.70. The van der Waals surface area contributed by atoms with Crippen molar-refractivity contribution in [2.24, 2.45) is 5.10 Å². The lowest BCUT2D eigenvalue weighted by molar-refractivity contribution is -0.164. The summed E-state index contributed by atoms with van der Waals surface area (Å²) in [4.78, 5) is 11.3. The lowest BCUT2D eigenvalue weighted by atomic mass is 9.81. The molecule has 0 aromatic heterocycles. The molecule has 27 heavy (non-hydrogen) atoms. The van der Waals surface area contributed by atoms with Crippen molar-refractivity contribution in [3.05, 3.63) is 63.1 Å². The maximum Gasteiger partial charge on any atom is 0.405 e. The molecule has 1 aliphatic rings. The van der Waals surface area contributed by atoms with Crippen LogP contribution in [0.5, 0.6) is 0 Å². The number of carbonyl (C=O) groups is 1. The Bertz CT molecular complexity index is 926. The summed E-state index contributed by atoms with van der Waals surface area (Å²) >= 11 is 17.3. The molecule has 3 nitrogen and oxygen atoms in total. The average Bonchev–Trinajstić information content (AvgIpc) is 3.00. The van der Waals surface area contributed by atoms with Crippen LogP contribution in [0.4, 0.5) is 18.9 Å². The van der Waals surface area contributed by atoms with Gasteiger partial charge < -0.3 is 0 Å². The van der Waals surface area contributed by atoms with Crippen molar-refractivity contribution >= 4 is 51.9 Å².